The molecule has 0 heterocycles. The van der Waals surface area contributed by atoms with Crippen LogP contribution in [0, 0.1) is 5.41 Å². The van der Waals surface area contributed by atoms with E-state index in [1.165, 1.54) is 12.8 Å². The van der Waals surface area contributed by atoms with Crippen LogP contribution in [-0.2, 0) is 6.54 Å². The van der Waals surface area contributed by atoms with Crippen LogP contribution in [0.15, 0.2) is 18.2 Å². The van der Waals surface area contributed by atoms with Crippen LogP contribution in [0.4, 0.5) is 0 Å². The second-order valence-electron chi connectivity index (χ2n) is 5.47. The van der Waals surface area contributed by atoms with Crippen molar-refractivity contribution < 1.29 is 14.9 Å². The van der Waals surface area contributed by atoms with Crippen molar-refractivity contribution in [1.82, 2.24) is 5.32 Å². The molecule has 2 rings (SSSR count). The first-order chi connectivity index (χ1) is 9.19. The van der Waals surface area contributed by atoms with E-state index in [2.05, 4.69) is 5.32 Å². The number of hydrogen-bond donors (Lipinski definition) is 3. The minimum absolute atomic E-state index is 0.0704. The highest BCUT2D eigenvalue weighted by Crippen LogP contribution is 2.37. The largest absolute Gasteiger partial charge is 0.504 e. The zero-order valence-corrected chi connectivity index (χ0v) is 11.5. The fraction of sp³-hybridized carbons (Fsp3) is 0.600. The first kappa shape index (κ1) is 14.2. The fourth-order valence-corrected chi connectivity index (χ4v) is 2.82. The number of hydrogen-bond acceptors (Lipinski definition) is 4. The molecule has 0 bridgehead atoms. The van der Waals surface area contributed by atoms with Crippen LogP contribution in [0.25, 0.3) is 0 Å². The number of phenolic OH excluding ortho intramolecular Hbond substituents is 1. The first-order valence-corrected chi connectivity index (χ1v) is 6.87. The summed E-state index contributed by atoms with van der Waals surface area (Å²) in [5.41, 5.74) is 1.14. The Labute approximate surface area is 114 Å². The second kappa shape index (κ2) is 6.26. The summed E-state index contributed by atoms with van der Waals surface area (Å²) in [5, 5.41) is 22.5. The third kappa shape index (κ3) is 3.39. The smallest absolute Gasteiger partial charge is 0.160 e. The maximum Gasteiger partial charge on any atom is 0.160 e. The van der Waals surface area contributed by atoms with Crippen molar-refractivity contribution in [2.24, 2.45) is 5.41 Å². The van der Waals surface area contributed by atoms with E-state index < -0.39 is 0 Å². The molecule has 1 aromatic rings. The number of aromatic hydroxyl groups is 1. The zero-order valence-electron chi connectivity index (χ0n) is 11.5. The third-order valence-electron chi connectivity index (χ3n) is 4.07. The van der Waals surface area contributed by atoms with E-state index in [-0.39, 0.29) is 17.8 Å². The molecule has 0 unspecified atom stereocenters. The Morgan fingerprint density at radius 2 is 2.05 bits per heavy atom. The van der Waals surface area contributed by atoms with Gasteiger partial charge in [0, 0.05) is 25.1 Å². The Bertz CT molecular complexity index is 414. The quantitative estimate of drug-likeness (QED) is 0.736. The molecule has 1 aliphatic rings. The van der Waals surface area contributed by atoms with E-state index >= 15 is 0 Å². The standard InChI is InChI=1S/C15H23NO3/c1-19-14-8-12(4-5-13(14)18)9-16-10-15(11-17)6-2-3-7-15/h4-5,8,16-18H,2-3,6-7,9-11H2,1H3. The summed E-state index contributed by atoms with van der Waals surface area (Å²) in [4.78, 5) is 0. The molecule has 4 heteroatoms. The highest BCUT2D eigenvalue weighted by atomic mass is 16.5. The maximum absolute atomic E-state index is 9.54. The highest BCUT2D eigenvalue weighted by molar-refractivity contribution is 5.41. The number of aliphatic hydroxyl groups is 1. The first-order valence-electron chi connectivity index (χ1n) is 6.87. The van der Waals surface area contributed by atoms with Gasteiger partial charge in [-0.3, -0.25) is 0 Å². The molecule has 0 saturated heterocycles. The van der Waals surface area contributed by atoms with Gasteiger partial charge in [0.2, 0.25) is 0 Å². The fourth-order valence-electron chi connectivity index (χ4n) is 2.82. The van der Waals surface area contributed by atoms with Crippen LogP contribution < -0.4 is 10.1 Å². The Morgan fingerprint density at radius 3 is 2.68 bits per heavy atom. The molecule has 0 radical (unpaired) electrons. The number of benzene rings is 1. The van der Waals surface area contributed by atoms with Gasteiger partial charge in [-0.05, 0) is 30.5 Å². The van der Waals surface area contributed by atoms with Crippen molar-refractivity contribution >= 4 is 0 Å². The van der Waals surface area contributed by atoms with Gasteiger partial charge >= 0.3 is 0 Å². The molecule has 0 spiro atoms. The molecule has 1 saturated carbocycles. The predicted octanol–water partition coefficient (Wildman–Crippen LogP) is 2.04. The van der Waals surface area contributed by atoms with Crippen LogP contribution in [0.1, 0.15) is 31.2 Å². The summed E-state index contributed by atoms with van der Waals surface area (Å²) >= 11 is 0. The molecule has 4 nitrogen and oxygen atoms in total. The molecule has 1 aliphatic carbocycles. The second-order valence-corrected chi connectivity index (χ2v) is 5.47. The van der Waals surface area contributed by atoms with E-state index in [0.717, 1.165) is 31.5 Å². The summed E-state index contributed by atoms with van der Waals surface area (Å²) in [5.74, 6) is 0.658. The van der Waals surface area contributed by atoms with Gasteiger partial charge in [0.05, 0.1) is 7.11 Å². The van der Waals surface area contributed by atoms with Crippen LogP contribution in [-0.4, -0.2) is 30.5 Å². The van der Waals surface area contributed by atoms with Crippen molar-refractivity contribution in [2.75, 3.05) is 20.3 Å². The number of methoxy groups -OCH3 is 1. The van der Waals surface area contributed by atoms with E-state index in [9.17, 15) is 10.2 Å². The van der Waals surface area contributed by atoms with Gasteiger partial charge in [-0.25, -0.2) is 0 Å². The molecule has 1 aromatic carbocycles. The summed E-state index contributed by atoms with van der Waals surface area (Å²) in [6.45, 7) is 1.82. The average molecular weight is 265 g/mol. The zero-order chi connectivity index (χ0) is 13.7. The molecule has 3 N–H and O–H groups in total. The summed E-state index contributed by atoms with van der Waals surface area (Å²) < 4.78 is 5.09. The molecule has 0 atom stereocenters. The predicted molar refractivity (Wildman–Crippen MR) is 74.4 cm³/mol. The molecule has 19 heavy (non-hydrogen) atoms. The molecule has 0 aromatic heterocycles. The Kier molecular flexibility index (Phi) is 4.66. The molecular formula is C15H23NO3. The summed E-state index contributed by atoms with van der Waals surface area (Å²) in [7, 11) is 1.55. The van der Waals surface area contributed by atoms with Crippen LogP contribution in [0.5, 0.6) is 11.5 Å². The van der Waals surface area contributed by atoms with Crippen LogP contribution >= 0.6 is 0 Å². The van der Waals surface area contributed by atoms with Crippen molar-refractivity contribution in [3.63, 3.8) is 0 Å². The Morgan fingerprint density at radius 1 is 1.32 bits per heavy atom. The van der Waals surface area contributed by atoms with Gasteiger partial charge in [0.15, 0.2) is 11.5 Å². The number of ether oxygens (including phenoxy) is 1. The maximum atomic E-state index is 9.54. The Balaban J connectivity index is 1.88. The lowest BCUT2D eigenvalue weighted by Crippen LogP contribution is -2.34. The number of rotatable bonds is 6. The van der Waals surface area contributed by atoms with Gasteiger partial charge in [0.1, 0.15) is 0 Å². The summed E-state index contributed by atoms with van der Waals surface area (Å²) in [6, 6.07) is 5.36. The minimum atomic E-state index is 0.0704. The number of nitrogens with one attached hydrogen (secondary N) is 1. The van der Waals surface area contributed by atoms with Gasteiger partial charge in [-0.1, -0.05) is 18.9 Å². The van der Waals surface area contributed by atoms with Gasteiger partial charge < -0.3 is 20.3 Å². The topological polar surface area (TPSA) is 61.7 Å². The van der Waals surface area contributed by atoms with Gasteiger partial charge in [-0.2, -0.15) is 0 Å². The van der Waals surface area contributed by atoms with E-state index in [0.29, 0.717) is 5.75 Å². The number of aliphatic hydroxyl groups excluding tert-OH is 1. The number of phenols is 1. The average Bonchev–Trinajstić information content (AvgIpc) is 2.90. The molecule has 0 amide bonds. The van der Waals surface area contributed by atoms with Crippen LogP contribution in [0.3, 0.4) is 0 Å². The van der Waals surface area contributed by atoms with E-state index in [1.807, 2.05) is 12.1 Å². The van der Waals surface area contributed by atoms with E-state index in [1.54, 1.807) is 13.2 Å². The lowest BCUT2D eigenvalue weighted by atomic mass is 9.87. The monoisotopic (exact) mass is 265 g/mol. The Hall–Kier alpha value is -1.26. The molecule has 0 aliphatic heterocycles. The van der Waals surface area contributed by atoms with Gasteiger partial charge in [0.25, 0.3) is 0 Å². The van der Waals surface area contributed by atoms with E-state index in [4.69, 9.17) is 4.74 Å². The van der Waals surface area contributed by atoms with Crippen LogP contribution in [0.2, 0.25) is 0 Å². The lowest BCUT2D eigenvalue weighted by molar-refractivity contribution is 0.128. The van der Waals surface area contributed by atoms with Crippen molar-refractivity contribution in [1.29, 1.82) is 0 Å². The molecular weight excluding hydrogens is 242 g/mol. The van der Waals surface area contributed by atoms with Crippen molar-refractivity contribution in [3.8, 4) is 11.5 Å². The normalized spacial score (nSPS) is 17.6. The highest BCUT2D eigenvalue weighted by Gasteiger charge is 2.32. The minimum Gasteiger partial charge on any atom is -0.504 e. The van der Waals surface area contributed by atoms with Crippen molar-refractivity contribution in [3.05, 3.63) is 23.8 Å². The van der Waals surface area contributed by atoms with Gasteiger partial charge in [-0.15, -0.1) is 0 Å². The third-order valence-corrected chi connectivity index (χ3v) is 4.07. The molecule has 106 valence electrons. The molecule has 1 fully saturated rings. The SMILES string of the molecule is COc1cc(CNCC2(CO)CCCC2)ccc1O. The lowest BCUT2D eigenvalue weighted by Gasteiger charge is -2.26. The van der Waals surface area contributed by atoms with Crippen molar-refractivity contribution in [2.45, 2.75) is 32.2 Å². The summed E-state index contributed by atoms with van der Waals surface area (Å²) in [6.07, 6.45) is 4.65.